The molecule has 1 amide bonds. The van der Waals surface area contributed by atoms with Crippen LogP contribution in [0.4, 0.5) is 0 Å². The number of hydrogen-bond donors (Lipinski definition) is 1. The summed E-state index contributed by atoms with van der Waals surface area (Å²) in [7, 11) is 0. The highest BCUT2D eigenvalue weighted by Gasteiger charge is 2.13. The molecular formula is C20H23NO3. The van der Waals surface area contributed by atoms with Gasteiger partial charge in [0, 0.05) is 13.0 Å². The Labute approximate surface area is 142 Å². The van der Waals surface area contributed by atoms with Crippen molar-refractivity contribution in [3.8, 4) is 11.5 Å². The summed E-state index contributed by atoms with van der Waals surface area (Å²) in [6, 6.07) is 14.3. The van der Waals surface area contributed by atoms with Crippen molar-refractivity contribution in [3.05, 3.63) is 59.2 Å². The largest absolute Gasteiger partial charge is 0.454 e. The van der Waals surface area contributed by atoms with E-state index in [0.29, 0.717) is 19.4 Å². The average Bonchev–Trinajstić information content (AvgIpc) is 3.05. The fraction of sp³-hybridized carbons (Fsp3) is 0.350. The van der Waals surface area contributed by atoms with Crippen LogP contribution in [0.2, 0.25) is 0 Å². The summed E-state index contributed by atoms with van der Waals surface area (Å²) >= 11 is 0. The van der Waals surface area contributed by atoms with Gasteiger partial charge in [0.05, 0.1) is 0 Å². The summed E-state index contributed by atoms with van der Waals surface area (Å²) in [5.41, 5.74) is 3.69. The molecule has 1 N–H and O–H groups in total. The SMILES string of the molecule is Cc1cccc(CCCNC(=O)CCc2ccc3c(c2)OCO3)c1. The minimum atomic E-state index is 0.0944. The Morgan fingerprint density at radius 2 is 1.88 bits per heavy atom. The van der Waals surface area contributed by atoms with Crippen LogP contribution in [0.5, 0.6) is 11.5 Å². The molecule has 0 atom stereocenters. The Balaban J connectivity index is 1.35. The number of ether oxygens (including phenoxy) is 2. The fourth-order valence-electron chi connectivity index (χ4n) is 2.83. The van der Waals surface area contributed by atoms with Crippen molar-refractivity contribution < 1.29 is 14.3 Å². The van der Waals surface area contributed by atoms with Crippen molar-refractivity contribution >= 4 is 5.91 Å². The summed E-state index contributed by atoms with van der Waals surface area (Å²) in [6.45, 7) is 3.09. The van der Waals surface area contributed by atoms with Gasteiger partial charge in [-0.3, -0.25) is 4.79 Å². The number of rotatable bonds is 7. The normalized spacial score (nSPS) is 12.2. The molecular weight excluding hydrogens is 302 g/mol. The summed E-state index contributed by atoms with van der Waals surface area (Å²) < 4.78 is 10.6. The summed E-state index contributed by atoms with van der Waals surface area (Å²) in [5, 5.41) is 3.00. The van der Waals surface area contributed by atoms with Crippen molar-refractivity contribution in [2.24, 2.45) is 0 Å². The molecule has 0 fully saturated rings. The third-order valence-corrected chi connectivity index (χ3v) is 4.12. The van der Waals surface area contributed by atoms with Crippen molar-refractivity contribution in [2.45, 2.75) is 32.6 Å². The molecule has 2 aromatic carbocycles. The molecule has 0 spiro atoms. The minimum Gasteiger partial charge on any atom is -0.454 e. The third kappa shape index (κ3) is 4.51. The first-order chi connectivity index (χ1) is 11.7. The van der Waals surface area contributed by atoms with Crippen LogP contribution in [0.1, 0.15) is 29.5 Å². The zero-order valence-electron chi connectivity index (χ0n) is 14.0. The van der Waals surface area contributed by atoms with Gasteiger partial charge < -0.3 is 14.8 Å². The van der Waals surface area contributed by atoms with Gasteiger partial charge in [-0.15, -0.1) is 0 Å². The van der Waals surface area contributed by atoms with Gasteiger partial charge in [-0.1, -0.05) is 35.9 Å². The Kier molecular flexibility index (Phi) is 5.36. The maximum absolute atomic E-state index is 11.9. The number of carbonyl (C=O) groups excluding carboxylic acids is 1. The van der Waals surface area contributed by atoms with Gasteiger partial charge in [-0.05, 0) is 49.4 Å². The second-order valence-corrected chi connectivity index (χ2v) is 6.13. The maximum atomic E-state index is 11.9. The molecule has 1 aliphatic rings. The average molecular weight is 325 g/mol. The molecule has 0 saturated heterocycles. The van der Waals surface area contributed by atoms with Gasteiger partial charge >= 0.3 is 0 Å². The molecule has 4 nitrogen and oxygen atoms in total. The molecule has 1 heterocycles. The van der Waals surface area contributed by atoms with Crippen molar-refractivity contribution in [3.63, 3.8) is 0 Å². The zero-order valence-corrected chi connectivity index (χ0v) is 14.0. The second kappa shape index (κ2) is 7.86. The highest BCUT2D eigenvalue weighted by molar-refractivity contribution is 5.76. The fourth-order valence-corrected chi connectivity index (χ4v) is 2.83. The first-order valence-electron chi connectivity index (χ1n) is 8.41. The van der Waals surface area contributed by atoms with Crippen LogP contribution in [0.25, 0.3) is 0 Å². The van der Waals surface area contributed by atoms with Gasteiger partial charge in [0.25, 0.3) is 0 Å². The molecule has 0 aliphatic carbocycles. The molecule has 0 radical (unpaired) electrons. The quantitative estimate of drug-likeness (QED) is 0.794. The monoisotopic (exact) mass is 325 g/mol. The van der Waals surface area contributed by atoms with Gasteiger partial charge in [-0.2, -0.15) is 0 Å². The Hall–Kier alpha value is -2.49. The minimum absolute atomic E-state index is 0.0944. The van der Waals surface area contributed by atoms with E-state index in [1.54, 1.807) is 0 Å². The summed E-state index contributed by atoms with van der Waals surface area (Å²) in [4.78, 5) is 11.9. The number of amides is 1. The van der Waals surface area contributed by atoms with E-state index in [1.165, 1.54) is 11.1 Å². The van der Waals surface area contributed by atoms with E-state index >= 15 is 0 Å². The molecule has 1 aliphatic heterocycles. The number of fused-ring (bicyclic) bond motifs is 1. The highest BCUT2D eigenvalue weighted by atomic mass is 16.7. The van der Waals surface area contributed by atoms with Gasteiger partial charge in [0.2, 0.25) is 12.7 Å². The molecule has 0 unspecified atom stereocenters. The van der Waals surface area contributed by atoms with Crippen LogP contribution in [0.3, 0.4) is 0 Å². The van der Waals surface area contributed by atoms with E-state index in [4.69, 9.17) is 9.47 Å². The molecule has 0 aromatic heterocycles. The maximum Gasteiger partial charge on any atom is 0.231 e. The van der Waals surface area contributed by atoms with E-state index in [2.05, 4.69) is 36.5 Å². The molecule has 3 rings (SSSR count). The van der Waals surface area contributed by atoms with E-state index in [-0.39, 0.29) is 12.7 Å². The number of aryl methyl sites for hydroxylation is 3. The Morgan fingerprint density at radius 1 is 1.04 bits per heavy atom. The predicted molar refractivity (Wildman–Crippen MR) is 93.4 cm³/mol. The van der Waals surface area contributed by atoms with Crippen LogP contribution in [-0.4, -0.2) is 19.2 Å². The zero-order chi connectivity index (χ0) is 16.8. The smallest absolute Gasteiger partial charge is 0.231 e. The molecule has 2 aromatic rings. The van der Waals surface area contributed by atoms with Crippen LogP contribution in [0.15, 0.2) is 42.5 Å². The predicted octanol–water partition coefficient (Wildman–Crippen LogP) is 3.41. The van der Waals surface area contributed by atoms with Crippen LogP contribution in [0, 0.1) is 6.92 Å². The molecule has 4 heteroatoms. The molecule has 24 heavy (non-hydrogen) atoms. The van der Waals surface area contributed by atoms with E-state index in [0.717, 1.165) is 29.9 Å². The highest BCUT2D eigenvalue weighted by Crippen LogP contribution is 2.32. The van der Waals surface area contributed by atoms with E-state index in [1.807, 2.05) is 18.2 Å². The summed E-state index contributed by atoms with van der Waals surface area (Å²) in [6.07, 6.45) is 3.15. The van der Waals surface area contributed by atoms with Crippen molar-refractivity contribution in [1.82, 2.24) is 5.32 Å². The van der Waals surface area contributed by atoms with Crippen molar-refractivity contribution in [2.75, 3.05) is 13.3 Å². The van der Waals surface area contributed by atoms with Crippen LogP contribution in [-0.2, 0) is 17.6 Å². The summed E-state index contributed by atoms with van der Waals surface area (Å²) in [5.74, 6) is 1.64. The first kappa shape index (κ1) is 16.4. The van der Waals surface area contributed by atoms with Gasteiger partial charge in [-0.25, -0.2) is 0 Å². The van der Waals surface area contributed by atoms with E-state index < -0.39 is 0 Å². The van der Waals surface area contributed by atoms with Crippen molar-refractivity contribution in [1.29, 1.82) is 0 Å². The topological polar surface area (TPSA) is 47.6 Å². The lowest BCUT2D eigenvalue weighted by molar-refractivity contribution is -0.121. The molecule has 0 bridgehead atoms. The number of benzene rings is 2. The van der Waals surface area contributed by atoms with Crippen LogP contribution >= 0.6 is 0 Å². The first-order valence-corrected chi connectivity index (χ1v) is 8.41. The van der Waals surface area contributed by atoms with Gasteiger partial charge in [0.1, 0.15) is 0 Å². The lowest BCUT2D eigenvalue weighted by atomic mass is 10.1. The number of nitrogens with one attached hydrogen (secondary N) is 1. The van der Waals surface area contributed by atoms with Gasteiger partial charge in [0.15, 0.2) is 11.5 Å². The number of hydrogen-bond acceptors (Lipinski definition) is 3. The standard InChI is InChI=1S/C20H23NO3/c1-15-4-2-5-16(12-15)6-3-11-21-20(22)10-8-17-7-9-18-19(13-17)24-14-23-18/h2,4-5,7,9,12-13H,3,6,8,10-11,14H2,1H3,(H,21,22). The van der Waals surface area contributed by atoms with E-state index in [9.17, 15) is 4.79 Å². The third-order valence-electron chi connectivity index (χ3n) is 4.12. The molecule has 0 saturated carbocycles. The Bertz CT molecular complexity index is 712. The van der Waals surface area contributed by atoms with Crippen LogP contribution < -0.4 is 14.8 Å². The number of carbonyl (C=O) groups is 1. The lowest BCUT2D eigenvalue weighted by Crippen LogP contribution is -2.24. The Morgan fingerprint density at radius 3 is 2.75 bits per heavy atom. The lowest BCUT2D eigenvalue weighted by Gasteiger charge is -2.07. The molecule has 126 valence electrons. The second-order valence-electron chi connectivity index (χ2n) is 6.13.